The maximum atomic E-state index is 12.6. The van der Waals surface area contributed by atoms with Crippen molar-refractivity contribution in [2.24, 2.45) is 0 Å². The number of aliphatic hydroxyl groups is 2. The molecular weight excluding hydrogens is 800 g/mol. The Morgan fingerprint density at radius 1 is 0.516 bits per heavy atom. The van der Waals surface area contributed by atoms with Gasteiger partial charge in [-0.05, 0) is 89.9 Å². The molecule has 62 heavy (non-hydrogen) atoms. The van der Waals surface area contributed by atoms with Crippen LogP contribution in [0.25, 0.3) is 0 Å². The van der Waals surface area contributed by atoms with Crippen LogP contribution in [0.15, 0.2) is 97.2 Å². The van der Waals surface area contributed by atoms with Crippen molar-refractivity contribution in [2.75, 3.05) is 33.0 Å². The molecule has 0 fully saturated rings. The molecule has 0 aromatic heterocycles. The fourth-order valence-electron chi connectivity index (χ4n) is 6.10. The number of hydrogen-bond acceptors (Lipinski definition) is 8. The van der Waals surface area contributed by atoms with Crippen LogP contribution in [0.4, 0.5) is 0 Å². The zero-order valence-electron chi connectivity index (χ0n) is 39.1. The largest absolute Gasteiger partial charge is 0.472 e. The number of carbonyl (C=O) groups is 1. The Morgan fingerprint density at radius 2 is 0.919 bits per heavy atom. The van der Waals surface area contributed by atoms with Gasteiger partial charge in [-0.3, -0.25) is 13.8 Å². The molecule has 0 amide bonds. The van der Waals surface area contributed by atoms with E-state index in [1.807, 2.05) is 0 Å². The zero-order valence-corrected chi connectivity index (χ0v) is 39.9. The number of phosphoric ester groups is 1. The quantitative estimate of drug-likeness (QED) is 0.0237. The van der Waals surface area contributed by atoms with Gasteiger partial charge in [0.25, 0.3) is 0 Å². The highest BCUT2D eigenvalue weighted by molar-refractivity contribution is 7.47. The molecule has 0 aromatic carbocycles. The molecule has 3 unspecified atom stereocenters. The maximum absolute atomic E-state index is 12.6. The zero-order chi connectivity index (χ0) is 45.3. The van der Waals surface area contributed by atoms with Crippen molar-refractivity contribution < 1.29 is 43.0 Å². The molecule has 0 saturated heterocycles. The number of ether oxygens (including phenoxy) is 2. The molecule has 3 atom stereocenters. The van der Waals surface area contributed by atoms with Gasteiger partial charge in [-0.1, -0.05) is 182 Å². The summed E-state index contributed by atoms with van der Waals surface area (Å²) in [4.78, 5) is 22.6. The van der Waals surface area contributed by atoms with Gasteiger partial charge in [0, 0.05) is 13.0 Å². The second-order valence-corrected chi connectivity index (χ2v) is 17.2. The molecule has 9 nitrogen and oxygen atoms in total. The first-order valence-corrected chi connectivity index (χ1v) is 25.7. The van der Waals surface area contributed by atoms with Gasteiger partial charge in [-0.25, -0.2) is 4.57 Å². The van der Waals surface area contributed by atoms with Gasteiger partial charge in [0.05, 0.1) is 26.4 Å². The predicted molar refractivity (Wildman–Crippen MR) is 260 cm³/mol. The SMILES string of the molecule is CC/C=C\C/C=C\C/C=C\C/C=C\C/C=C\C/C=C\C/C=C\CCCC(=O)OC(COCCCCCCCCCC/C=C\CCCCCCCC)COP(=O)(O)OCC(O)CO. The normalized spacial score (nSPS) is 14.7. The second kappa shape index (κ2) is 47.8. The molecule has 356 valence electrons. The van der Waals surface area contributed by atoms with Crippen molar-refractivity contribution in [1.29, 1.82) is 0 Å². The van der Waals surface area contributed by atoms with E-state index in [1.165, 1.54) is 83.5 Å². The highest BCUT2D eigenvalue weighted by atomic mass is 31.2. The molecule has 0 spiro atoms. The van der Waals surface area contributed by atoms with Gasteiger partial charge in [0.2, 0.25) is 0 Å². The summed E-state index contributed by atoms with van der Waals surface area (Å²) in [5.41, 5.74) is 0. The van der Waals surface area contributed by atoms with E-state index in [1.54, 1.807) is 0 Å². The van der Waals surface area contributed by atoms with Crippen molar-refractivity contribution >= 4 is 13.8 Å². The second-order valence-electron chi connectivity index (χ2n) is 15.7. The van der Waals surface area contributed by atoms with Crippen LogP contribution in [0, 0.1) is 0 Å². The summed E-state index contributed by atoms with van der Waals surface area (Å²) in [6.07, 6.45) is 60.9. The molecule has 0 aliphatic carbocycles. The average Bonchev–Trinajstić information content (AvgIpc) is 3.26. The highest BCUT2D eigenvalue weighted by Gasteiger charge is 2.26. The molecule has 0 radical (unpaired) electrons. The topological polar surface area (TPSA) is 132 Å². The third-order valence-electron chi connectivity index (χ3n) is 9.75. The van der Waals surface area contributed by atoms with E-state index in [-0.39, 0.29) is 13.0 Å². The number of esters is 1. The van der Waals surface area contributed by atoms with Crippen LogP contribution in [-0.2, 0) is 27.9 Å². The summed E-state index contributed by atoms with van der Waals surface area (Å²) in [7, 11) is -4.55. The summed E-state index contributed by atoms with van der Waals surface area (Å²) < 4.78 is 33.4. The first-order valence-electron chi connectivity index (χ1n) is 24.2. The van der Waals surface area contributed by atoms with Gasteiger partial charge < -0.3 is 24.6 Å². The van der Waals surface area contributed by atoms with E-state index in [9.17, 15) is 19.4 Å². The van der Waals surface area contributed by atoms with E-state index in [2.05, 4.69) is 111 Å². The number of phosphoric acid groups is 1. The van der Waals surface area contributed by atoms with Crippen molar-refractivity contribution in [3.63, 3.8) is 0 Å². The molecule has 0 heterocycles. The van der Waals surface area contributed by atoms with Gasteiger partial charge in [-0.2, -0.15) is 0 Å². The lowest BCUT2D eigenvalue weighted by Crippen LogP contribution is -2.29. The van der Waals surface area contributed by atoms with Crippen molar-refractivity contribution in [1.82, 2.24) is 0 Å². The van der Waals surface area contributed by atoms with Gasteiger partial charge >= 0.3 is 13.8 Å². The molecule has 0 rings (SSSR count). The van der Waals surface area contributed by atoms with Gasteiger partial charge in [0.1, 0.15) is 12.2 Å². The van der Waals surface area contributed by atoms with Gasteiger partial charge in [-0.15, -0.1) is 0 Å². The summed E-state index contributed by atoms with van der Waals surface area (Å²) >= 11 is 0. The Kier molecular flexibility index (Phi) is 45.8. The van der Waals surface area contributed by atoms with E-state index in [0.717, 1.165) is 70.6 Å². The minimum absolute atomic E-state index is 0.0181. The van der Waals surface area contributed by atoms with Crippen LogP contribution >= 0.6 is 7.82 Å². The first kappa shape index (κ1) is 59.4. The van der Waals surface area contributed by atoms with Crippen molar-refractivity contribution in [3.05, 3.63) is 97.2 Å². The number of hydrogen-bond donors (Lipinski definition) is 3. The molecular formula is C52H89O9P. The Hall–Kier alpha value is -2.62. The molecule has 0 bridgehead atoms. The van der Waals surface area contributed by atoms with Crippen LogP contribution < -0.4 is 0 Å². The fraction of sp³-hybridized carbons (Fsp3) is 0.673. The van der Waals surface area contributed by atoms with Crippen LogP contribution in [0.5, 0.6) is 0 Å². The Bertz CT molecular complexity index is 1280. The van der Waals surface area contributed by atoms with E-state index in [0.29, 0.717) is 13.0 Å². The van der Waals surface area contributed by atoms with E-state index >= 15 is 0 Å². The first-order chi connectivity index (χ1) is 30.3. The van der Waals surface area contributed by atoms with E-state index in [4.69, 9.17) is 23.6 Å². The Balaban J connectivity index is 4.26. The number of rotatable bonds is 45. The smallest absolute Gasteiger partial charge is 0.457 e. The minimum Gasteiger partial charge on any atom is -0.457 e. The van der Waals surface area contributed by atoms with Crippen molar-refractivity contribution in [3.8, 4) is 0 Å². The third kappa shape index (κ3) is 46.9. The standard InChI is InChI=1S/C52H89O9P/c1-3-5-7-9-11-13-15-17-19-21-23-24-25-26-27-28-30-32-34-36-38-40-42-44-52(55)61-51(49-60-62(56,57)59-47-50(54)46-53)48-58-45-43-41-39-37-35-33-31-29-22-20-18-16-14-12-10-8-6-4-2/h5,7,11,13,17-20,23-24,26-27,30,32,36,38,50-51,53-54H,3-4,6,8-10,12,14-16,21-22,25,28-29,31,33-35,37,39-49H2,1-2H3,(H,56,57)/b7-5-,13-11-,19-17-,20-18-,24-23-,27-26-,32-30-,38-36-. The molecule has 0 aliphatic heterocycles. The van der Waals surface area contributed by atoms with Crippen LogP contribution in [0.1, 0.15) is 181 Å². The molecule has 0 aromatic rings. The molecule has 10 heteroatoms. The van der Waals surface area contributed by atoms with Crippen LogP contribution in [-0.4, -0.2) is 66.3 Å². The van der Waals surface area contributed by atoms with Crippen LogP contribution in [0.3, 0.4) is 0 Å². The molecule has 0 saturated carbocycles. The lowest BCUT2D eigenvalue weighted by Gasteiger charge is -2.20. The number of aliphatic hydroxyl groups excluding tert-OH is 2. The number of allylic oxidation sites excluding steroid dienone is 16. The van der Waals surface area contributed by atoms with E-state index < -0.39 is 45.8 Å². The molecule has 0 aliphatic rings. The average molecular weight is 889 g/mol. The monoisotopic (exact) mass is 889 g/mol. The fourth-order valence-corrected chi connectivity index (χ4v) is 6.89. The Morgan fingerprint density at radius 3 is 1.40 bits per heavy atom. The predicted octanol–water partition coefficient (Wildman–Crippen LogP) is 14.0. The number of unbranched alkanes of at least 4 members (excludes halogenated alkanes) is 15. The summed E-state index contributed by atoms with van der Waals surface area (Å²) in [5.74, 6) is -0.443. The third-order valence-corrected chi connectivity index (χ3v) is 10.7. The summed E-state index contributed by atoms with van der Waals surface area (Å²) in [6.45, 7) is 3.30. The lowest BCUT2D eigenvalue weighted by molar-refractivity contribution is -0.154. The maximum Gasteiger partial charge on any atom is 0.472 e. The lowest BCUT2D eigenvalue weighted by atomic mass is 10.1. The van der Waals surface area contributed by atoms with Gasteiger partial charge in [0.15, 0.2) is 0 Å². The molecule has 3 N–H and O–H groups in total. The number of carbonyl (C=O) groups excluding carboxylic acids is 1. The minimum atomic E-state index is -4.55. The summed E-state index contributed by atoms with van der Waals surface area (Å²) in [6, 6.07) is 0. The Labute approximate surface area is 378 Å². The van der Waals surface area contributed by atoms with Crippen molar-refractivity contribution in [2.45, 2.75) is 193 Å². The van der Waals surface area contributed by atoms with Crippen LogP contribution in [0.2, 0.25) is 0 Å². The summed E-state index contributed by atoms with van der Waals surface area (Å²) in [5, 5.41) is 18.4. The highest BCUT2D eigenvalue weighted by Crippen LogP contribution is 2.43.